The van der Waals surface area contributed by atoms with Crippen LogP contribution in [0.15, 0.2) is 12.4 Å². The minimum absolute atomic E-state index is 0.411. The minimum atomic E-state index is 0.411. The summed E-state index contributed by atoms with van der Waals surface area (Å²) in [7, 11) is 2.06. The number of hydrogen-bond acceptors (Lipinski definition) is 2. The van der Waals surface area contributed by atoms with Crippen LogP contribution in [0.2, 0.25) is 0 Å². The van der Waals surface area contributed by atoms with Crippen molar-refractivity contribution >= 4 is 11.4 Å². The molecular formula is C9H13N3. The zero-order valence-electron chi connectivity index (χ0n) is 7.22. The number of nitrogens with zero attached hydrogens (tertiary/aromatic N) is 1. The van der Waals surface area contributed by atoms with Crippen molar-refractivity contribution in [2.75, 3.05) is 17.2 Å². The number of nitrogens with one attached hydrogen (secondary N) is 2. The van der Waals surface area contributed by atoms with Crippen LogP contribution in [0, 0.1) is 0 Å². The third kappa shape index (κ3) is 0.763. The Kier molecular flexibility index (Phi) is 0.953. The summed E-state index contributed by atoms with van der Waals surface area (Å²) in [6, 6.07) is 0. The molecule has 1 spiro atoms. The Balaban J connectivity index is 2.00. The molecule has 1 aliphatic carbocycles. The van der Waals surface area contributed by atoms with Gasteiger partial charge in [0.15, 0.2) is 0 Å². The summed E-state index contributed by atoms with van der Waals surface area (Å²) in [6.45, 7) is 1.09. The fourth-order valence-corrected chi connectivity index (χ4v) is 1.87. The summed E-state index contributed by atoms with van der Waals surface area (Å²) < 4.78 is 2.09. The second kappa shape index (κ2) is 1.79. The van der Waals surface area contributed by atoms with Gasteiger partial charge in [-0.1, -0.05) is 0 Å². The van der Waals surface area contributed by atoms with Crippen molar-refractivity contribution in [1.29, 1.82) is 0 Å². The van der Waals surface area contributed by atoms with Gasteiger partial charge in [-0.15, -0.1) is 0 Å². The average molecular weight is 163 g/mol. The van der Waals surface area contributed by atoms with E-state index in [-0.39, 0.29) is 0 Å². The molecule has 1 fully saturated rings. The van der Waals surface area contributed by atoms with Crippen molar-refractivity contribution in [3.05, 3.63) is 12.4 Å². The van der Waals surface area contributed by atoms with Crippen LogP contribution in [0.3, 0.4) is 0 Å². The highest BCUT2D eigenvalue weighted by Crippen LogP contribution is 2.44. The highest BCUT2D eigenvalue weighted by molar-refractivity contribution is 5.72. The van der Waals surface area contributed by atoms with Crippen molar-refractivity contribution in [2.24, 2.45) is 7.05 Å². The molecule has 64 valence electrons. The highest BCUT2D eigenvalue weighted by Gasteiger charge is 2.45. The second-order valence-electron chi connectivity index (χ2n) is 4.01. The number of aryl methyl sites for hydroxylation is 1. The quantitative estimate of drug-likeness (QED) is 0.605. The van der Waals surface area contributed by atoms with Crippen molar-refractivity contribution in [3.8, 4) is 0 Å². The monoisotopic (exact) mass is 163 g/mol. The number of anilines is 2. The fraction of sp³-hybridized carbons (Fsp3) is 0.556. The maximum absolute atomic E-state index is 3.58. The molecule has 0 saturated heterocycles. The van der Waals surface area contributed by atoms with Crippen LogP contribution in [0.25, 0.3) is 0 Å². The van der Waals surface area contributed by atoms with Crippen LogP contribution >= 0.6 is 0 Å². The topological polar surface area (TPSA) is 29.0 Å². The lowest BCUT2D eigenvalue weighted by Crippen LogP contribution is -2.34. The van der Waals surface area contributed by atoms with Crippen LogP contribution in [0.1, 0.15) is 12.8 Å². The van der Waals surface area contributed by atoms with Crippen molar-refractivity contribution < 1.29 is 0 Å². The van der Waals surface area contributed by atoms with Gasteiger partial charge in [0.05, 0.1) is 16.9 Å². The summed E-state index contributed by atoms with van der Waals surface area (Å²) in [5, 5.41) is 7.04. The fourth-order valence-electron chi connectivity index (χ4n) is 1.87. The molecule has 3 rings (SSSR count). The van der Waals surface area contributed by atoms with E-state index in [1.807, 2.05) is 0 Å². The van der Waals surface area contributed by atoms with Gasteiger partial charge in [-0.3, -0.25) is 0 Å². The Morgan fingerprint density at radius 3 is 2.83 bits per heavy atom. The Morgan fingerprint density at radius 2 is 2.08 bits per heavy atom. The van der Waals surface area contributed by atoms with Crippen LogP contribution < -0.4 is 10.6 Å². The summed E-state index contributed by atoms with van der Waals surface area (Å²) in [6.07, 6.45) is 6.89. The molecule has 2 heterocycles. The molecule has 0 aromatic carbocycles. The van der Waals surface area contributed by atoms with Crippen LogP contribution in [0.4, 0.5) is 11.4 Å². The SMILES string of the molecule is Cn1cc2c(c1)NC1(CC1)CN2. The molecule has 1 aromatic rings. The molecular weight excluding hydrogens is 150 g/mol. The van der Waals surface area contributed by atoms with Gasteiger partial charge < -0.3 is 15.2 Å². The van der Waals surface area contributed by atoms with Crippen LogP contribution in [0.5, 0.6) is 0 Å². The lowest BCUT2D eigenvalue weighted by Gasteiger charge is -2.25. The molecule has 3 nitrogen and oxygen atoms in total. The van der Waals surface area contributed by atoms with E-state index in [4.69, 9.17) is 0 Å². The van der Waals surface area contributed by atoms with Crippen LogP contribution in [-0.4, -0.2) is 16.7 Å². The number of hydrogen-bond donors (Lipinski definition) is 2. The standard InChI is InChI=1S/C9H13N3/c1-12-4-7-8(5-12)11-9(2-3-9)6-10-7/h4-5,10-11H,2-3,6H2,1H3. The molecule has 1 aromatic heterocycles. The van der Waals surface area contributed by atoms with E-state index in [0.29, 0.717) is 5.54 Å². The molecule has 0 bridgehead atoms. The van der Waals surface area contributed by atoms with Crippen molar-refractivity contribution in [3.63, 3.8) is 0 Å². The van der Waals surface area contributed by atoms with Gasteiger partial charge in [0, 0.05) is 26.0 Å². The summed E-state index contributed by atoms with van der Waals surface area (Å²) in [4.78, 5) is 0. The molecule has 12 heavy (non-hydrogen) atoms. The lowest BCUT2D eigenvalue weighted by atomic mass is 10.2. The van der Waals surface area contributed by atoms with E-state index < -0.39 is 0 Å². The van der Waals surface area contributed by atoms with Gasteiger partial charge in [0.2, 0.25) is 0 Å². The molecule has 3 heteroatoms. The Hall–Kier alpha value is -1.12. The molecule has 0 unspecified atom stereocenters. The smallest absolute Gasteiger partial charge is 0.0760 e. The first-order valence-electron chi connectivity index (χ1n) is 4.46. The predicted molar refractivity (Wildman–Crippen MR) is 49.5 cm³/mol. The zero-order chi connectivity index (χ0) is 8.18. The molecule has 1 aliphatic heterocycles. The van der Waals surface area contributed by atoms with Gasteiger partial charge in [-0.25, -0.2) is 0 Å². The average Bonchev–Trinajstić information content (AvgIpc) is 2.65. The van der Waals surface area contributed by atoms with Crippen molar-refractivity contribution in [2.45, 2.75) is 18.4 Å². The number of fused-ring (bicyclic) bond motifs is 1. The predicted octanol–water partition coefficient (Wildman–Crippen LogP) is 1.40. The van der Waals surface area contributed by atoms with E-state index >= 15 is 0 Å². The Morgan fingerprint density at radius 1 is 1.33 bits per heavy atom. The van der Waals surface area contributed by atoms with Crippen molar-refractivity contribution in [1.82, 2.24) is 4.57 Å². The largest absolute Gasteiger partial charge is 0.380 e. The van der Waals surface area contributed by atoms with Gasteiger partial charge >= 0.3 is 0 Å². The summed E-state index contributed by atoms with van der Waals surface area (Å²) in [5.74, 6) is 0. The molecule has 2 N–H and O–H groups in total. The van der Waals surface area contributed by atoms with E-state index in [1.165, 1.54) is 24.2 Å². The van der Waals surface area contributed by atoms with Gasteiger partial charge in [0.1, 0.15) is 0 Å². The number of aromatic nitrogens is 1. The van der Waals surface area contributed by atoms with E-state index in [0.717, 1.165) is 6.54 Å². The van der Waals surface area contributed by atoms with Crippen LogP contribution in [-0.2, 0) is 7.05 Å². The third-order valence-corrected chi connectivity index (χ3v) is 2.83. The lowest BCUT2D eigenvalue weighted by molar-refractivity contribution is 0.757. The maximum Gasteiger partial charge on any atom is 0.0760 e. The van der Waals surface area contributed by atoms with Gasteiger partial charge in [-0.05, 0) is 12.8 Å². The van der Waals surface area contributed by atoms with E-state index in [1.54, 1.807) is 0 Å². The summed E-state index contributed by atoms with van der Waals surface area (Å²) >= 11 is 0. The first-order valence-corrected chi connectivity index (χ1v) is 4.46. The second-order valence-corrected chi connectivity index (χ2v) is 4.01. The highest BCUT2D eigenvalue weighted by atomic mass is 15.2. The first kappa shape index (κ1) is 6.40. The Labute approximate surface area is 71.8 Å². The number of rotatable bonds is 0. The Bertz CT molecular complexity index is 323. The maximum atomic E-state index is 3.58. The first-order chi connectivity index (χ1) is 5.77. The van der Waals surface area contributed by atoms with E-state index in [9.17, 15) is 0 Å². The molecule has 1 saturated carbocycles. The minimum Gasteiger partial charge on any atom is -0.380 e. The molecule has 0 radical (unpaired) electrons. The molecule has 2 aliphatic rings. The van der Waals surface area contributed by atoms with Gasteiger partial charge in [-0.2, -0.15) is 0 Å². The summed E-state index contributed by atoms with van der Waals surface area (Å²) in [5.41, 5.74) is 2.92. The molecule has 0 amide bonds. The normalized spacial score (nSPS) is 22.8. The third-order valence-electron chi connectivity index (χ3n) is 2.83. The zero-order valence-corrected chi connectivity index (χ0v) is 7.22. The molecule has 0 atom stereocenters. The van der Waals surface area contributed by atoms with Gasteiger partial charge in [0.25, 0.3) is 0 Å². The van der Waals surface area contributed by atoms with E-state index in [2.05, 4.69) is 34.6 Å².